The standard InChI is InChI=1S/C24H17FN2O7S/c1-14(28)23-15(2)34-22-12-9-19(13-21(22)23)26(35(32,33)20-10-5-17(25)6-11-20)24(29)16-3-7-18(8-4-16)27(30)31/h3-13H,1-2H3. The van der Waals surface area contributed by atoms with E-state index in [-0.39, 0.29) is 33.2 Å². The fourth-order valence-electron chi connectivity index (χ4n) is 3.69. The van der Waals surface area contributed by atoms with Gasteiger partial charge in [-0.3, -0.25) is 19.7 Å². The summed E-state index contributed by atoms with van der Waals surface area (Å²) in [5, 5.41) is 11.3. The number of nitro benzene ring substituents is 1. The SMILES string of the molecule is CC(=O)c1c(C)oc2ccc(N(C(=O)c3ccc([N+](=O)[O-])cc3)S(=O)(=O)c3ccc(F)cc3)cc12. The van der Waals surface area contributed by atoms with E-state index in [1.54, 1.807) is 6.92 Å². The van der Waals surface area contributed by atoms with E-state index in [1.165, 1.54) is 25.1 Å². The molecule has 0 fully saturated rings. The number of aryl methyl sites for hydroxylation is 1. The van der Waals surface area contributed by atoms with Gasteiger partial charge in [0.2, 0.25) is 0 Å². The van der Waals surface area contributed by atoms with Gasteiger partial charge in [-0.05, 0) is 68.4 Å². The maximum atomic E-state index is 13.6. The average Bonchev–Trinajstić information content (AvgIpc) is 3.14. The van der Waals surface area contributed by atoms with Gasteiger partial charge in [0.05, 0.1) is 21.1 Å². The van der Waals surface area contributed by atoms with Crippen LogP contribution in [0.5, 0.6) is 0 Å². The van der Waals surface area contributed by atoms with Gasteiger partial charge in [0.1, 0.15) is 17.2 Å². The summed E-state index contributed by atoms with van der Waals surface area (Å²) in [6, 6.07) is 12.4. The van der Waals surface area contributed by atoms with Crippen LogP contribution < -0.4 is 4.31 Å². The van der Waals surface area contributed by atoms with Crippen molar-refractivity contribution in [2.75, 3.05) is 4.31 Å². The number of non-ortho nitro benzene ring substituents is 1. The van der Waals surface area contributed by atoms with Crippen molar-refractivity contribution >= 4 is 44.1 Å². The molecule has 0 saturated carbocycles. The fourth-order valence-corrected chi connectivity index (χ4v) is 5.10. The molecule has 0 aliphatic rings. The second-order valence-corrected chi connectivity index (χ2v) is 9.39. The van der Waals surface area contributed by atoms with Crippen LogP contribution in [0, 0.1) is 22.9 Å². The molecule has 11 heteroatoms. The maximum absolute atomic E-state index is 13.6. The molecule has 0 spiro atoms. The highest BCUT2D eigenvalue weighted by atomic mass is 32.2. The van der Waals surface area contributed by atoms with Gasteiger partial charge >= 0.3 is 0 Å². The zero-order valence-electron chi connectivity index (χ0n) is 18.4. The van der Waals surface area contributed by atoms with Crippen LogP contribution >= 0.6 is 0 Å². The molecule has 0 saturated heterocycles. The number of halogens is 1. The van der Waals surface area contributed by atoms with Gasteiger partial charge in [-0.1, -0.05) is 0 Å². The van der Waals surface area contributed by atoms with Crippen LogP contribution in [0.15, 0.2) is 76.0 Å². The zero-order chi connectivity index (χ0) is 25.5. The summed E-state index contributed by atoms with van der Waals surface area (Å²) in [5.74, 6) is -1.65. The minimum Gasteiger partial charge on any atom is -0.461 e. The molecule has 0 aliphatic carbocycles. The molecular weight excluding hydrogens is 479 g/mol. The van der Waals surface area contributed by atoms with Gasteiger partial charge in [-0.15, -0.1) is 0 Å². The third-order valence-corrected chi connectivity index (χ3v) is 7.02. The summed E-state index contributed by atoms with van der Waals surface area (Å²) in [6.45, 7) is 2.92. The summed E-state index contributed by atoms with van der Waals surface area (Å²) in [6.07, 6.45) is 0. The molecule has 4 rings (SSSR count). The number of fused-ring (bicyclic) bond motifs is 1. The Morgan fingerprint density at radius 1 is 1.00 bits per heavy atom. The predicted molar refractivity (Wildman–Crippen MR) is 124 cm³/mol. The highest BCUT2D eigenvalue weighted by Gasteiger charge is 2.33. The van der Waals surface area contributed by atoms with Crippen LogP contribution in [0.25, 0.3) is 11.0 Å². The smallest absolute Gasteiger partial charge is 0.272 e. The van der Waals surface area contributed by atoms with Gasteiger partial charge in [0.25, 0.3) is 21.6 Å². The van der Waals surface area contributed by atoms with Crippen LogP contribution in [0.3, 0.4) is 0 Å². The van der Waals surface area contributed by atoms with E-state index in [2.05, 4.69) is 0 Å². The molecule has 0 unspecified atom stereocenters. The summed E-state index contributed by atoms with van der Waals surface area (Å²) in [4.78, 5) is 35.6. The summed E-state index contributed by atoms with van der Waals surface area (Å²) >= 11 is 0. The molecule has 4 aromatic rings. The predicted octanol–water partition coefficient (Wildman–Crippen LogP) is 5.03. The number of furan rings is 1. The summed E-state index contributed by atoms with van der Waals surface area (Å²) in [7, 11) is -4.57. The fraction of sp³-hybridized carbons (Fsp3) is 0.0833. The Kier molecular flexibility index (Phi) is 5.95. The van der Waals surface area contributed by atoms with Crippen molar-refractivity contribution in [1.29, 1.82) is 0 Å². The number of nitro groups is 1. The number of anilines is 1. The highest BCUT2D eigenvalue weighted by molar-refractivity contribution is 7.93. The topological polar surface area (TPSA) is 128 Å². The number of hydrogen-bond acceptors (Lipinski definition) is 7. The number of Topliss-reactive ketones (excluding diaryl/α,β-unsaturated/α-hetero) is 1. The maximum Gasteiger partial charge on any atom is 0.272 e. The highest BCUT2D eigenvalue weighted by Crippen LogP contribution is 2.33. The lowest BCUT2D eigenvalue weighted by atomic mass is 10.1. The van der Waals surface area contributed by atoms with Gasteiger partial charge < -0.3 is 4.42 Å². The molecule has 1 aromatic heterocycles. The van der Waals surface area contributed by atoms with Gasteiger partial charge in [-0.25, -0.2) is 12.8 Å². The average molecular weight is 496 g/mol. The quantitative estimate of drug-likeness (QED) is 0.208. The third kappa shape index (κ3) is 4.28. The monoisotopic (exact) mass is 496 g/mol. The normalized spacial score (nSPS) is 11.4. The number of amides is 1. The molecule has 0 bridgehead atoms. The number of nitrogens with zero attached hydrogens (tertiary/aromatic N) is 2. The lowest BCUT2D eigenvalue weighted by Gasteiger charge is -2.23. The van der Waals surface area contributed by atoms with Crippen LogP contribution in [0.4, 0.5) is 15.8 Å². The summed E-state index contributed by atoms with van der Waals surface area (Å²) < 4.78 is 46.7. The lowest BCUT2D eigenvalue weighted by molar-refractivity contribution is -0.384. The Labute approximate surface area is 198 Å². The third-order valence-electron chi connectivity index (χ3n) is 5.30. The van der Waals surface area contributed by atoms with Crippen LogP contribution in [0.1, 0.15) is 33.4 Å². The Morgan fingerprint density at radius 3 is 2.20 bits per heavy atom. The molecule has 3 aromatic carbocycles. The molecule has 1 heterocycles. The number of benzene rings is 3. The van der Waals surface area contributed by atoms with Crippen LogP contribution in [-0.2, 0) is 10.0 Å². The van der Waals surface area contributed by atoms with Crippen LogP contribution in [-0.4, -0.2) is 25.0 Å². The molecule has 0 N–H and O–H groups in total. The minimum absolute atomic E-state index is 0.103. The van der Waals surface area contributed by atoms with E-state index in [1.807, 2.05) is 0 Å². The number of hydrogen-bond donors (Lipinski definition) is 0. The second kappa shape index (κ2) is 8.76. The molecule has 0 radical (unpaired) electrons. The van der Waals surface area contributed by atoms with Gasteiger partial charge in [-0.2, -0.15) is 4.31 Å². The number of carbonyl (C=O) groups is 2. The first kappa shape index (κ1) is 23.8. The number of rotatable bonds is 6. The molecule has 1 amide bonds. The van der Waals surface area contributed by atoms with E-state index < -0.39 is 26.7 Å². The number of carbonyl (C=O) groups excluding carboxylic acids is 2. The van der Waals surface area contributed by atoms with Crippen molar-refractivity contribution in [2.45, 2.75) is 18.7 Å². The van der Waals surface area contributed by atoms with Gasteiger partial charge in [0.15, 0.2) is 5.78 Å². The first-order valence-electron chi connectivity index (χ1n) is 10.1. The zero-order valence-corrected chi connectivity index (χ0v) is 19.2. The first-order valence-corrected chi connectivity index (χ1v) is 11.6. The number of sulfonamides is 1. The van der Waals surface area contributed by atoms with Crippen molar-refractivity contribution in [3.05, 3.63) is 99.5 Å². The minimum atomic E-state index is -4.57. The van der Waals surface area contributed by atoms with Gasteiger partial charge in [0, 0.05) is 23.1 Å². The summed E-state index contributed by atoms with van der Waals surface area (Å²) in [5.41, 5.74) is 0.0306. The second-order valence-electron chi connectivity index (χ2n) is 7.60. The number of ketones is 1. The molecular formula is C24H17FN2O7S. The van der Waals surface area contributed by atoms with Crippen LogP contribution in [0.2, 0.25) is 0 Å². The molecule has 0 atom stereocenters. The van der Waals surface area contributed by atoms with Crippen molar-refractivity contribution < 1.29 is 31.7 Å². The molecule has 9 nitrogen and oxygen atoms in total. The molecule has 0 aliphatic heterocycles. The lowest BCUT2D eigenvalue weighted by Crippen LogP contribution is -2.37. The van der Waals surface area contributed by atoms with E-state index >= 15 is 0 Å². The largest absolute Gasteiger partial charge is 0.461 e. The molecule has 178 valence electrons. The van der Waals surface area contributed by atoms with E-state index in [0.717, 1.165) is 48.5 Å². The van der Waals surface area contributed by atoms with E-state index in [9.17, 15) is 32.5 Å². The van der Waals surface area contributed by atoms with Crippen molar-refractivity contribution in [1.82, 2.24) is 0 Å². The Morgan fingerprint density at radius 2 is 1.63 bits per heavy atom. The first-order chi connectivity index (χ1) is 16.5. The van der Waals surface area contributed by atoms with Crippen molar-refractivity contribution in [3.63, 3.8) is 0 Å². The van der Waals surface area contributed by atoms with Crippen molar-refractivity contribution in [3.8, 4) is 0 Å². The Balaban J connectivity index is 1.93. The van der Waals surface area contributed by atoms with Crippen molar-refractivity contribution in [2.24, 2.45) is 0 Å². The Bertz CT molecular complexity index is 1590. The molecule has 35 heavy (non-hydrogen) atoms. The Hall–Kier alpha value is -4.38. The van der Waals surface area contributed by atoms with E-state index in [4.69, 9.17) is 4.42 Å². The van der Waals surface area contributed by atoms with E-state index in [0.29, 0.717) is 21.0 Å².